The van der Waals surface area contributed by atoms with Crippen molar-refractivity contribution in [2.75, 3.05) is 0 Å². The maximum Gasteiger partial charge on any atom is 0.129 e. The topological polar surface area (TPSA) is 48.1 Å². The van der Waals surface area contributed by atoms with E-state index in [1.165, 1.54) is 0 Å². The molecule has 1 aliphatic carbocycles. The molecule has 0 amide bonds. The quantitative estimate of drug-likeness (QED) is 0.935. The van der Waals surface area contributed by atoms with Crippen LogP contribution in [0, 0.1) is 6.92 Å². The van der Waals surface area contributed by atoms with Crippen LogP contribution >= 0.6 is 11.3 Å². The summed E-state index contributed by atoms with van der Waals surface area (Å²) in [6.07, 6.45) is 4.50. The molecule has 1 aromatic heterocycles. The Morgan fingerprint density at radius 1 is 1.20 bits per heavy atom. The van der Waals surface area contributed by atoms with Gasteiger partial charge in [-0.05, 0) is 44.7 Å². The van der Waals surface area contributed by atoms with Gasteiger partial charge in [0.15, 0.2) is 0 Å². The van der Waals surface area contributed by atoms with Crippen molar-refractivity contribution in [1.29, 1.82) is 0 Å². The SMILES string of the molecule is Cc1nc(-c2ccccc2OC2CCC(N)CC2)cs1. The lowest BCUT2D eigenvalue weighted by atomic mass is 9.93. The van der Waals surface area contributed by atoms with E-state index in [2.05, 4.69) is 16.4 Å². The molecular weight excluding hydrogens is 268 g/mol. The summed E-state index contributed by atoms with van der Waals surface area (Å²) in [6, 6.07) is 8.53. The van der Waals surface area contributed by atoms with Crippen LogP contribution < -0.4 is 10.5 Å². The lowest BCUT2D eigenvalue weighted by Crippen LogP contribution is -2.31. The zero-order valence-electron chi connectivity index (χ0n) is 11.7. The number of nitrogens with two attached hydrogens (primary N) is 1. The van der Waals surface area contributed by atoms with Crippen LogP contribution in [0.4, 0.5) is 0 Å². The zero-order chi connectivity index (χ0) is 13.9. The van der Waals surface area contributed by atoms with Crippen LogP contribution in [0.5, 0.6) is 5.75 Å². The van der Waals surface area contributed by atoms with Crippen molar-refractivity contribution in [3.63, 3.8) is 0 Å². The van der Waals surface area contributed by atoms with Crippen molar-refractivity contribution < 1.29 is 4.74 Å². The van der Waals surface area contributed by atoms with E-state index in [1.807, 2.05) is 25.1 Å². The van der Waals surface area contributed by atoms with Crippen LogP contribution in [0.2, 0.25) is 0 Å². The molecule has 106 valence electrons. The highest BCUT2D eigenvalue weighted by Gasteiger charge is 2.21. The van der Waals surface area contributed by atoms with Crippen molar-refractivity contribution in [1.82, 2.24) is 4.98 Å². The second kappa shape index (κ2) is 5.94. The van der Waals surface area contributed by atoms with Gasteiger partial charge in [0, 0.05) is 17.0 Å². The van der Waals surface area contributed by atoms with Gasteiger partial charge in [-0.3, -0.25) is 0 Å². The first-order valence-corrected chi connectivity index (χ1v) is 8.04. The van der Waals surface area contributed by atoms with Crippen LogP contribution in [0.25, 0.3) is 11.3 Å². The minimum Gasteiger partial charge on any atom is -0.490 e. The molecule has 2 N–H and O–H groups in total. The lowest BCUT2D eigenvalue weighted by molar-refractivity contribution is 0.148. The van der Waals surface area contributed by atoms with Gasteiger partial charge in [-0.15, -0.1) is 11.3 Å². The first kappa shape index (κ1) is 13.6. The van der Waals surface area contributed by atoms with E-state index in [1.54, 1.807) is 11.3 Å². The highest BCUT2D eigenvalue weighted by atomic mass is 32.1. The number of aryl methyl sites for hydroxylation is 1. The van der Waals surface area contributed by atoms with Crippen LogP contribution in [0.3, 0.4) is 0 Å². The van der Waals surface area contributed by atoms with Gasteiger partial charge in [-0.1, -0.05) is 12.1 Å². The summed E-state index contributed by atoms with van der Waals surface area (Å²) in [5, 5.41) is 3.17. The van der Waals surface area contributed by atoms with Gasteiger partial charge in [0.2, 0.25) is 0 Å². The second-order valence-corrected chi connectivity index (χ2v) is 6.46. The fourth-order valence-electron chi connectivity index (χ4n) is 2.65. The molecule has 0 spiro atoms. The van der Waals surface area contributed by atoms with Gasteiger partial charge >= 0.3 is 0 Å². The normalized spacial score (nSPS) is 22.7. The fraction of sp³-hybridized carbons (Fsp3) is 0.438. The number of para-hydroxylation sites is 1. The summed E-state index contributed by atoms with van der Waals surface area (Å²) >= 11 is 1.67. The Labute approximate surface area is 123 Å². The molecule has 0 radical (unpaired) electrons. The molecule has 1 aromatic carbocycles. The molecule has 3 nitrogen and oxygen atoms in total. The van der Waals surface area contributed by atoms with Gasteiger partial charge in [-0.25, -0.2) is 4.98 Å². The number of benzene rings is 1. The Balaban J connectivity index is 1.80. The van der Waals surface area contributed by atoms with E-state index < -0.39 is 0 Å². The third-order valence-electron chi connectivity index (χ3n) is 3.79. The molecule has 0 unspecified atom stereocenters. The van der Waals surface area contributed by atoms with E-state index in [9.17, 15) is 0 Å². The standard InChI is InChI=1S/C16H20N2OS/c1-11-18-15(10-20-11)14-4-2-3-5-16(14)19-13-8-6-12(17)7-9-13/h2-5,10,12-13H,6-9,17H2,1H3. The maximum absolute atomic E-state index is 6.21. The van der Waals surface area contributed by atoms with Crippen molar-refractivity contribution >= 4 is 11.3 Å². The summed E-state index contributed by atoms with van der Waals surface area (Å²) in [6.45, 7) is 2.03. The van der Waals surface area contributed by atoms with Gasteiger partial charge < -0.3 is 10.5 Å². The van der Waals surface area contributed by atoms with Gasteiger partial charge in [0.1, 0.15) is 5.75 Å². The molecule has 1 fully saturated rings. The van der Waals surface area contributed by atoms with Crippen LogP contribution in [0.1, 0.15) is 30.7 Å². The predicted octanol–water partition coefficient (Wildman–Crippen LogP) is 3.77. The molecule has 1 aliphatic rings. The summed E-state index contributed by atoms with van der Waals surface area (Å²) in [5.74, 6) is 0.943. The number of hydrogen-bond acceptors (Lipinski definition) is 4. The first-order chi connectivity index (χ1) is 9.72. The largest absolute Gasteiger partial charge is 0.490 e. The van der Waals surface area contributed by atoms with E-state index in [-0.39, 0.29) is 6.10 Å². The van der Waals surface area contributed by atoms with Crippen molar-refractivity contribution in [3.05, 3.63) is 34.7 Å². The average molecular weight is 288 g/mol. The Morgan fingerprint density at radius 2 is 1.95 bits per heavy atom. The number of hydrogen-bond donors (Lipinski definition) is 1. The van der Waals surface area contributed by atoms with Crippen molar-refractivity contribution in [2.24, 2.45) is 5.73 Å². The summed E-state index contributed by atoms with van der Waals surface area (Å²) in [5.41, 5.74) is 8.05. The average Bonchev–Trinajstić information content (AvgIpc) is 2.88. The summed E-state index contributed by atoms with van der Waals surface area (Å²) < 4.78 is 6.21. The molecule has 0 bridgehead atoms. The molecule has 0 aliphatic heterocycles. The molecule has 2 aromatic rings. The lowest BCUT2D eigenvalue weighted by Gasteiger charge is -2.27. The minimum absolute atomic E-state index is 0.288. The Hall–Kier alpha value is -1.39. The number of ether oxygens (including phenoxy) is 1. The van der Waals surface area contributed by atoms with Crippen LogP contribution in [-0.2, 0) is 0 Å². The monoisotopic (exact) mass is 288 g/mol. The highest BCUT2D eigenvalue weighted by molar-refractivity contribution is 7.09. The molecular formula is C16H20N2OS. The summed E-state index contributed by atoms with van der Waals surface area (Å²) in [4.78, 5) is 4.57. The Kier molecular flexibility index (Phi) is 4.03. The molecule has 1 heterocycles. The third kappa shape index (κ3) is 3.02. The first-order valence-electron chi connectivity index (χ1n) is 7.16. The van der Waals surface area contributed by atoms with Crippen molar-refractivity contribution in [2.45, 2.75) is 44.8 Å². The number of nitrogens with zero attached hydrogens (tertiary/aromatic N) is 1. The number of thiazole rings is 1. The Bertz CT molecular complexity index is 573. The van der Waals surface area contributed by atoms with E-state index in [0.717, 1.165) is 47.7 Å². The second-order valence-electron chi connectivity index (χ2n) is 5.40. The van der Waals surface area contributed by atoms with Crippen molar-refractivity contribution in [3.8, 4) is 17.0 Å². The highest BCUT2D eigenvalue weighted by Crippen LogP contribution is 2.33. The van der Waals surface area contributed by atoms with Gasteiger partial charge in [-0.2, -0.15) is 0 Å². The number of aromatic nitrogens is 1. The van der Waals surface area contributed by atoms with E-state index in [0.29, 0.717) is 6.04 Å². The van der Waals surface area contributed by atoms with Crippen LogP contribution in [-0.4, -0.2) is 17.1 Å². The molecule has 20 heavy (non-hydrogen) atoms. The third-order valence-corrected chi connectivity index (χ3v) is 4.57. The smallest absolute Gasteiger partial charge is 0.129 e. The van der Waals surface area contributed by atoms with E-state index >= 15 is 0 Å². The molecule has 4 heteroatoms. The maximum atomic E-state index is 6.21. The summed E-state index contributed by atoms with van der Waals surface area (Å²) in [7, 11) is 0. The minimum atomic E-state index is 0.288. The zero-order valence-corrected chi connectivity index (χ0v) is 12.5. The van der Waals surface area contributed by atoms with E-state index in [4.69, 9.17) is 10.5 Å². The Morgan fingerprint density at radius 3 is 2.65 bits per heavy atom. The van der Waals surface area contributed by atoms with Gasteiger partial charge in [0.05, 0.1) is 16.8 Å². The van der Waals surface area contributed by atoms with Crippen LogP contribution in [0.15, 0.2) is 29.6 Å². The molecule has 0 saturated heterocycles. The predicted molar refractivity (Wildman–Crippen MR) is 83.1 cm³/mol. The molecule has 3 rings (SSSR count). The molecule has 0 atom stereocenters. The molecule has 1 saturated carbocycles. The number of rotatable bonds is 3. The van der Waals surface area contributed by atoms with Gasteiger partial charge in [0.25, 0.3) is 0 Å². The fourth-order valence-corrected chi connectivity index (χ4v) is 3.27.